The van der Waals surface area contributed by atoms with Crippen molar-refractivity contribution in [2.45, 2.75) is 25.8 Å². The first-order valence-corrected chi connectivity index (χ1v) is 6.89. The van der Waals surface area contributed by atoms with Gasteiger partial charge in [-0.05, 0) is 32.0 Å². The highest BCUT2D eigenvalue weighted by Crippen LogP contribution is 2.23. The molecule has 2 N–H and O–H groups in total. The number of para-hydroxylation sites is 1. The molecule has 5 heteroatoms. The van der Waals surface area contributed by atoms with E-state index in [4.69, 9.17) is 4.42 Å². The Balaban J connectivity index is 1.52. The number of fused-ring (bicyclic) bond motifs is 1. The average molecular weight is 270 g/mol. The zero-order valence-corrected chi connectivity index (χ0v) is 11.5. The van der Waals surface area contributed by atoms with Gasteiger partial charge in [-0.3, -0.25) is 5.10 Å². The molecule has 0 saturated carbocycles. The number of nitrogens with zero attached hydrogens (tertiary/aromatic N) is 2. The maximum Gasteiger partial charge on any atom is 0.137 e. The van der Waals surface area contributed by atoms with Crippen molar-refractivity contribution >= 4 is 11.0 Å². The average Bonchev–Trinajstić information content (AvgIpc) is 3.12. The highest BCUT2D eigenvalue weighted by Gasteiger charge is 2.10. The van der Waals surface area contributed by atoms with Crippen molar-refractivity contribution in [1.82, 2.24) is 20.5 Å². The Kier molecular flexibility index (Phi) is 3.78. The molecule has 0 aliphatic heterocycles. The van der Waals surface area contributed by atoms with Gasteiger partial charge in [0.05, 0.1) is 6.04 Å². The quantitative estimate of drug-likeness (QED) is 0.676. The fourth-order valence-corrected chi connectivity index (χ4v) is 2.24. The van der Waals surface area contributed by atoms with Crippen molar-refractivity contribution in [3.8, 4) is 0 Å². The van der Waals surface area contributed by atoms with Gasteiger partial charge in [0.15, 0.2) is 0 Å². The number of benzene rings is 1. The Labute approximate surface area is 117 Å². The third kappa shape index (κ3) is 2.88. The van der Waals surface area contributed by atoms with E-state index in [1.807, 2.05) is 18.2 Å². The van der Waals surface area contributed by atoms with E-state index in [1.54, 1.807) is 6.33 Å². The summed E-state index contributed by atoms with van der Waals surface area (Å²) in [6.07, 6.45) is 3.46. The summed E-state index contributed by atoms with van der Waals surface area (Å²) in [5.41, 5.74) is 0.942. The molecule has 0 amide bonds. The van der Waals surface area contributed by atoms with Crippen LogP contribution in [-0.2, 0) is 6.42 Å². The molecule has 0 aliphatic rings. The molecule has 104 valence electrons. The van der Waals surface area contributed by atoms with E-state index in [-0.39, 0.29) is 6.04 Å². The predicted octanol–water partition coefficient (Wildman–Crippen LogP) is 2.83. The maximum absolute atomic E-state index is 5.84. The lowest BCUT2D eigenvalue weighted by molar-refractivity contribution is 0.448. The molecule has 1 atom stereocenters. The molecule has 1 unspecified atom stereocenters. The Hall–Kier alpha value is -2.14. The molecule has 5 nitrogen and oxygen atoms in total. The lowest BCUT2D eigenvalue weighted by atomic mass is 10.2. The van der Waals surface area contributed by atoms with Crippen LogP contribution in [0.5, 0.6) is 0 Å². The molecular weight excluding hydrogens is 252 g/mol. The van der Waals surface area contributed by atoms with Crippen LogP contribution in [0.2, 0.25) is 0 Å². The number of rotatable bonds is 6. The summed E-state index contributed by atoms with van der Waals surface area (Å²) in [6, 6.07) is 10.4. The Morgan fingerprint density at radius 3 is 3.05 bits per heavy atom. The molecule has 0 bridgehead atoms. The number of furan rings is 1. The van der Waals surface area contributed by atoms with Crippen LogP contribution in [0.25, 0.3) is 11.0 Å². The number of nitrogens with one attached hydrogen (secondary N) is 2. The molecule has 0 radical (unpaired) electrons. The molecular formula is C15H18N4O. The third-order valence-corrected chi connectivity index (χ3v) is 3.38. The van der Waals surface area contributed by atoms with Crippen LogP contribution in [0, 0.1) is 0 Å². The van der Waals surface area contributed by atoms with Gasteiger partial charge < -0.3 is 9.73 Å². The molecule has 2 heterocycles. The second-order valence-electron chi connectivity index (χ2n) is 4.90. The van der Waals surface area contributed by atoms with E-state index in [1.165, 1.54) is 0 Å². The molecule has 2 aromatic heterocycles. The maximum atomic E-state index is 5.84. The Morgan fingerprint density at radius 1 is 1.35 bits per heavy atom. The minimum absolute atomic E-state index is 0.206. The first-order valence-electron chi connectivity index (χ1n) is 6.89. The van der Waals surface area contributed by atoms with Crippen LogP contribution < -0.4 is 5.32 Å². The van der Waals surface area contributed by atoms with Crippen molar-refractivity contribution in [1.29, 1.82) is 0 Å². The topological polar surface area (TPSA) is 66.7 Å². The molecule has 3 aromatic rings. The zero-order chi connectivity index (χ0) is 13.8. The van der Waals surface area contributed by atoms with Gasteiger partial charge in [-0.2, -0.15) is 5.10 Å². The summed E-state index contributed by atoms with van der Waals surface area (Å²) >= 11 is 0. The monoisotopic (exact) mass is 270 g/mol. The largest absolute Gasteiger partial charge is 0.459 e. The van der Waals surface area contributed by atoms with Crippen molar-refractivity contribution < 1.29 is 4.42 Å². The first kappa shape index (κ1) is 12.9. The minimum Gasteiger partial charge on any atom is -0.459 e. The second-order valence-corrected chi connectivity index (χ2v) is 4.90. The number of aromatic nitrogens is 3. The lowest BCUT2D eigenvalue weighted by Gasteiger charge is -2.10. The summed E-state index contributed by atoms with van der Waals surface area (Å²) in [5.74, 6) is 1.91. The Bertz CT molecular complexity index is 626. The van der Waals surface area contributed by atoms with Crippen LogP contribution in [0.4, 0.5) is 0 Å². The summed E-state index contributed by atoms with van der Waals surface area (Å²) in [5, 5.41) is 11.3. The van der Waals surface area contributed by atoms with Crippen LogP contribution in [0.1, 0.15) is 31.0 Å². The number of aryl methyl sites for hydroxylation is 1. The number of hydrogen-bond acceptors (Lipinski definition) is 4. The van der Waals surface area contributed by atoms with Gasteiger partial charge in [-0.15, -0.1) is 0 Å². The second kappa shape index (κ2) is 5.88. The van der Waals surface area contributed by atoms with Crippen LogP contribution in [0.15, 0.2) is 41.1 Å². The summed E-state index contributed by atoms with van der Waals surface area (Å²) in [7, 11) is 0. The van der Waals surface area contributed by atoms with Crippen molar-refractivity contribution in [2.24, 2.45) is 0 Å². The lowest BCUT2D eigenvalue weighted by Crippen LogP contribution is -2.19. The van der Waals surface area contributed by atoms with Crippen LogP contribution >= 0.6 is 0 Å². The van der Waals surface area contributed by atoms with E-state index in [0.29, 0.717) is 0 Å². The van der Waals surface area contributed by atoms with Crippen molar-refractivity contribution in [2.75, 3.05) is 6.54 Å². The van der Waals surface area contributed by atoms with Gasteiger partial charge in [0, 0.05) is 11.8 Å². The molecule has 0 aliphatic carbocycles. The molecule has 0 fully saturated rings. The smallest absolute Gasteiger partial charge is 0.137 e. The number of aromatic amines is 1. The molecule has 1 aromatic carbocycles. The number of H-pyrrole nitrogens is 1. The summed E-state index contributed by atoms with van der Waals surface area (Å²) in [4.78, 5) is 4.11. The molecule has 3 rings (SSSR count). The van der Waals surface area contributed by atoms with E-state index in [9.17, 15) is 0 Å². The third-order valence-electron chi connectivity index (χ3n) is 3.38. The number of hydrogen-bond donors (Lipinski definition) is 2. The predicted molar refractivity (Wildman–Crippen MR) is 77.3 cm³/mol. The van der Waals surface area contributed by atoms with E-state index < -0.39 is 0 Å². The van der Waals surface area contributed by atoms with Crippen LogP contribution in [0.3, 0.4) is 0 Å². The molecule has 0 spiro atoms. The summed E-state index contributed by atoms with van der Waals surface area (Å²) in [6.45, 7) is 3.03. The van der Waals surface area contributed by atoms with Crippen molar-refractivity contribution in [3.05, 3.63) is 48.2 Å². The minimum atomic E-state index is 0.206. The zero-order valence-electron chi connectivity index (χ0n) is 11.5. The van der Waals surface area contributed by atoms with Gasteiger partial charge in [-0.25, -0.2) is 4.98 Å². The van der Waals surface area contributed by atoms with E-state index >= 15 is 0 Å². The first-order chi connectivity index (χ1) is 9.83. The standard InChI is InChI=1S/C15H18N4O/c1-11(16-8-4-7-15-17-10-18-19-15)14-9-12-5-2-3-6-13(12)20-14/h2-3,5-6,9-11,16H,4,7-8H2,1H3,(H,17,18,19). The van der Waals surface area contributed by atoms with E-state index in [0.717, 1.165) is 41.9 Å². The molecule has 0 saturated heterocycles. The van der Waals surface area contributed by atoms with Gasteiger partial charge in [0.25, 0.3) is 0 Å². The van der Waals surface area contributed by atoms with Crippen molar-refractivity contribution in [3.63, 3.8) is 0 Å². The Morgan fingerprint density at radius 2 is 2.25 bits per heavy atom. The fourth-order valence-electron chi connectivity index (χ4n) is 2.24. The van der Waals surface area contributed by atoms with Gasteiger partial charge in [-0.1, -0.05) is 18.2 Å². The van der Waals surface area contributed by atoms with E-state index in [2.05, 4.69) is 39.6 Å². The SMILES string of the molecule is CC(NCCCc1ncn[nH]1)c1cc2ccccc2o1. The van der Waals surface area contributed by atoms with Gasteiger partial charge in [0.1, 0.15) is 23.5 Å². The normalized spacial score (nSPS) is 12.8. The highest BCUT2D eigenvalue weighted by molar-refractivity contribution is 5.77. The fraction of sp³-hybridized carbons (Fsp3) is 0.333. The highest BCUT2D eigenvalue weighted by atomic mass is 16.3. The van der Waals surface area contributed by atoms with Gasteiger partial charge >= 0.3 is 0 Å². The molecule has 20 heavy (non-hydrogen) atoms. The van der Waals surface area contributed by atoms with Crippen LogP contribution in [-0.4, -0.2) is 21.7 Å². The summed E-state index contributed by atoms with van der Waals surface area (Å²) < 4.78 is 5.84. The van der Waals surface area contributed by atoms with Gasteiger partial charge in [0.2, 0.25) is 0 Å².